The summed E-state index contributed by atoms with van der Waals surface area (Å²) in [5.41, 5.74) is -0.773. The van der Waals surface area contributed by atoms with Gasteiger partial charge in [0.1, 0.15) is 14.2 Å². The van der Waals surface area contributed by atoms with Gasteiger partial charge in [-0.15, -0.1) is 23.2 Å². The molecule has 0 spiro atoms. The van der Waals surface area contributed by atoms with Gasteiger partial charge in [0, 0.05) is 18.3 Å². The summed E-state index contributed by atoms with van der Waals surface area (Å²) < 4.78 is 21.8. The van der Waals surface area contributed by atoms with Crippen LogP contribution in [0.5, 0.6) is 0 Å². The maximum absolute atomic E-state index is 12.6. The van der Waals surface area contributed by atoms with Crippen LogP contribution in [-0.2, 0) is 14.6 Å². The minimum absolute atomic E-state index is 0.0249. The predicted octanol–water partition coefficient (Wildman–Crippen LogP) is 1.99. The van der Waals surface area contributed by atoms with Crippen LogP contribution in [0.25, 0.3) is 0 Å². The summed E-state index contributed by atoms with van der Waals surface area (Å²) in [5.74, 6) is -0.140. The van der Waals surface area contributed by atoms with Crippen LogP contribution < -0.4 is 0 Å². The van der Waals surface area contributed by atoms with Crippen molar-refractivity contribution in [3.05, 3.63) is 0 Å². The lowest BCUT2D eigenvalue weighted by Gasteiger charge is -2.32. The summed E-state index contributed by atoms with van der Waals surface area (Å²) in [6, 6.07) is -0.192. The van der Waals surface area contributed by atoms with Gasteiger partial charge in [-0.1, -0.05) is 0 Å². The first-order valence-corrected chi connectivity index (χ1v) is 9.18. The summed E-state index contributed by atoms with van der Waals surface area (Å²) >= 11 is 12.1. The second-order valence-corrected chi connectivity index (χ2v) is 9.77. The number of hydrogen-bond acceptors (Lipinski definition) is 3. The first-order chi connectivity index (χ1) is 8.48. The first-order valence-electron chi connectivity index (χ1n) is 6.36. The Morgan fingerprint density at radius 1 is 1.42 bits per heavy atom. The Kier molecular flexibility index (Phi) is 3.64. The number of carbonyl (C=O) groups is 1. The molecule has 0 aliphatic heterocycles. The van der Waals surface area contributed by atoms with Gasteiger partial charge < -0.3 is 4.90 Å². The SMILES string of the molecule is C[C@@H](CS(C)(=O)=O)N(C(=O)[C@@]1(C)CC1(Cl)Cl)C1CC1. The number of rotatable bonds is 5. The normalized spacial score (nSPS) is 30.8. The molecule has 19 heavy (non-hydrogen) atoms. The Balaban J connectivity index is 2.15. The van der Waals surface area contributed by atoms with E-state index in [1.54, 1.807) is 18.7 Å². The molecule has 0 heterocycles. The van der Waals surface area contributed by atoms with Crippen molar-refractivity contribution in [3.63, 3.8) is 0 Å². The minimum atomic E-state index is -3.12. The highest BCUT2D eigenvalue weighted by Gasteiger charge is 2.69. The maximum atomic E-state index is 12.6. The van der Waals surface area contributed by atoms with E-state index in [-0.39, 0.29) is 23.7 Å². The van der Waals surface area contributed by atoms with Crippen molar-refractivity contribution in [3.8, 4) is 0 Å². The molecule has 2 fully saturated rings. The number of sulfone groups is 1. The highest BCUT2D eigenvalue weighted by Crippen LogP contribution is 2.65. The molecule has 0 aromatic heterocycles. The van der Waals surface area contributed by atoms with Crippen molar-refractivity contribution in [2.75, 3.05) is 12.0 Å². The van der Waals surface area contributed by atoms with E-state index in [0.717, 1.165) is 12.8 Å². The zero-order valence-corrected chi connectivity index (χ0v) is 13.6. The fraction of sp³-hybridized carbons (Fsp3) is 0.917. The number of halogens is 2. The highest BCUT2D eigenvalue weighted by molar-refractivity contribution is 7.90. The second kappa shape index (κ2) is 4.50. The fourth-order valence-corrected chi connectivity index (χ4v) is 4.25. The molecule has 0 N–H and O–H groups in total. The number of carbonyl (C=O) groups excluding carboxylic acids is 1. The molecule has 2 aliphatic rings. The summed E-state index contributed by atoms with van der Waals surface area (Å²) in [6.07, 6.45) is 3.46. The van der Waals surface area contributed by atoms with Crippen LogP contribution in [0.2, 0.25) is 0 Å². The molecule has 4 nitrogen and oxygen atoms in total. The fourth-order valence-electron chi connectivity index (χ4n) is 2.51. The van der Waals surface area contributed by atoms with E-state index in [9.17, 15) is 13.2 Å². The highest BCUT2D eigenvalue weighted by atomic mass is 35.5. The third-order valence-corrected chi connectivity index (χ3v) is 6.11. The molecule has 110 valence electrons. The van der Waals surface area contributed by atoms with Crippen LogP contribution in [0.1, 0.15) is 33.1 Å². The molecule has 0 saturated heterocycles. The quantitative estimate of drug-likeness (QED) is 0.725. The van der Waals surface area contributed by atoms with Crippen LogP contribution in [0.4, 0.5) is 0 Å². The van der Waals surface area contributed by atoms with Gasteiger partial charge in [-0.3, -0.25) is 4.79 Å². The smallest absolute Gasteiger partial charge is 0.232 e. The van der Waals surface area contributed by atoms with Gasteiger partial charge in [-0.2, -0.15) is 0 Å². The molecular formula is C12H19Cl2NO3S. The third-order valence-electron chi connectivity index (χ3n) is 3.92. The van der Waals surface area contributed by atoms with Crippen molar-refractivity contribution in [1.29, 1.82) is 0 Å². The topological polar surface area (TPSA) is 54.5 Å². The van der Waals surface area contributed by atoms with Gasteiger partial charge in [0.15, 0.2) is 0 Å². The summed E-state index contributed by atoms with van der Waals surface area (Å²) in [4.78, 5) is 14.3. The van der Waals surface area contributed by atoms with Crippen LogP contribution >= 0.6 is 23.2 Å². The maximum Gasteiger partial charge on any atom is 0.232 e. The van der Waals surface area contributed by atoms with Gasteiger partial charge in [-0.25, -0.2) is 8.42 Å². The average molecular weight is 328 g/mol. The second-order valence-electron chi connectivity index (χ2n) is 6.10. The van der Waals surface area contributed by atoms with Gasteiger partial charge in [0.05, 0.1) is 11.2 Å². The monoisotopic (exact) mass is 327 g/mol. The van der Waals surface area contributed by atoms with Gasteiger partial charge in [-0.05, 0) is 33.1 Å². The largest absolute Gasteiger partial charge is 0.335 e. The summed E-state index contributed by atoms with van der Waals surface area (Å²) in [6.45, 7) is 3.52. The number of hydrogen-bond donors (Lipinski definition) is 0. The van der Waals surface area contributed by atoms with Crippen molar-refractivity contribution in [1.82, 2.24) is 4.90 Å². The average Bonchev–Trinajstić information content (AvgIpc) is 3.04. The molecule has 0 radical (unpaired) electrons. The van der Waals surface area contributed by atoms with E-state index in [1.165, 1.54) is 6.26 Å². The molecule has 2 atom stereocenters. The molecule has 0 aromatic carbocycles. The summed E-state index contributed by atoms with van der Waals surface area (Å²) in [7, 11) is -3.12. The molecule has 2 rings (SSSR count). The van der Waals surface area contributed by atoms with Crippen LogP contribution in [0.3, 0.4) is 0 Å². The van der Waals surface area contributed by atoms with Gasteiger partial charge in [0.2, 0.25) is 5.91 Å². The van der Waals surface area contributed by atoms with Crippen molar-refractivity contribution < 1.29 is 13.2 Å². The Hall–Kier alpha value is -0.000000000000000111. The molecule has 7 heteroatoms. The van der Waals surface area contributed by atoms with E-state index >= 15 is 0 Å². The van der Waals surface area contributed by atoms with E-state index in [4.69, 9.17) is 23.2 Å². The van der Waals surface area contributed by atoms with Crippen molar-refractivity contribution >= 4 is 38.9 Å². The van der Waals surface area contributed by atoms with Crippen LogP contribution in [0, 0.1) is 5.41 Å². The van der Waals surface area contributed by atoms with Crippen LogP contribution in [0.15, 0.2) is 0 Å². The molecule has 2 saturated carbocycles. The molecule has 0 unspecified atom stereocenters. The standard InChI is InChI=1S/C12H19Cl2NO3S/c1-8(6-19(3,17)18)15(9-4-5-9)10(16)11(2)7-12(11,13)14/h8-9H,4-7H2,1-3H3/t8-,11+/m0/s1. The molecular weight excluding hydrogens is 309 g/mol. The lowest BCUT2D eigenvalue weighted by atomic mass is 10.1. The number of nitrogens with zero attached hydrogens (tertiary/aromatic N) is 1. The Morgan fingerprint density at radius 3 is 2.21 bits per heavy atom. The summed E-state index contributed by atoms with van der Waals surface area (Å²) in [5, 5.41) is 0. The minimum Gasteiger partial charge on any atom is -0.335 e. The lowest BCUT2D eigenvalue weighted by molar-refractivity contribution is -0.138. The van der Waals surface area contributed by atoms with Crippen LogP contribution in [-0.4, -0.2) is 47.7 Å². The van der Waals surface area contributed by atoms with E-state index in [1.807, 2.05) is 0 Å². The molecule has 0 bridgehead atoms. The molecule has 0 aromatic rings. The molecule has 1 amide bonds. The molecule has 2 aliphatic carbocycles. The van der Waals surface area contributed by atoms with E-state index < -0.39 is 19.6 Å². The van der Waals surface area contributed by atoms with Crippen molar-refractivity contribution in [2.45, 2.75) is 49.5 Å². The zero-order chi connectivity index (χ0) is 14.6. The number of alkyl halides is 2. The lowest BCUT2D eigenvalue weighted by Crippen LogP contribution is -2.47. The number of amides is 1. The van der Waals surface area contributed by atoms with Gasteiger partial charge in [0.25, 0.3) is 0 Å². The van der Waals surface area contributed by atoms with Crippen molar-refractivity contribution in [2.24, 2.45) is 5.41 Å². The predicted molar refractivity (Wildman–Crippen MR) is 76.2 cm³/mol. The zero-order valence-electron chi connectivity index (χ0n) is 11.3. The Labute approximate surface area is 124 Å². The first kappa shape index (κ1) is 15.4. The van der Waals surface area contributed by atoms with E-state index in [2.05, 4.69) is 0 Å². The Bertz CT molecular complexity index is 501. The third kappa shape index (κ3) is 3.03. The van der Waals surface area contributed by atoms with E-state index in [0.29, 0.717) is 6.42 Å². The Morgan fingerprint density at radius 2 is 1.89 bits per heavy atom. The van der Waals surface area contributed by atoms with Gasteiger partial charge >= 0.3 is 0 Å².